The van der Waals surface area contributed by atoms with E-state index in [4.69, 9.17) is 20.6 Å². The molecule has 4 nitrogen and oxygen atoms in total. The fraction of sp³-hybridized carbons (Fsp3) is 0.562. The molecule has 0 aliphatic carbocycles. The van der Waals surface area contributed by atoms with Crippen molar-refractivity contribution in [2.45, 2.75) is 56.8 Å². The van der Waals surface area contributed by atoms with E-state index in [2.05, 4.69) is 20.8 Å². The highest BCUT2D eigenvalue weighted by Gasteiger charge is 2.27. The van der Waals surface area contributed by atoms with Crippen LogP contribution in [0.15, 0.2) is 23.1 Å². The minimum atomic E-state index is 0.0645. The number of rotatable bonds is 5. The molecule has 1 fully saturated rings. The Morgan fingerprint density at radius 2 is 2.05 bits per heavy atom. The first kappa shape index (κ1) is 16.2. The monoisotopic (exact) mass is 308 g/mol. The molecule has 5 heteroatoms. The van der Waals surface area contributed by atoms with Crippen molar-refractivity contribution in [2.24, 2.45) is 5.73 Å². The molecule has 0 bridgehead atoms. The summed E-state index contributed by atoms with van der Waals surface area (Å²) in [6, 6.07) is 5.86. The molecule has 0 aromatic heterocycles. The zero-order valence-corrected chi connectivity index (χ0v) is 13.7. The van der Waals surface area contributed by atoms with Crippen LogP contribution in [-0.4, -0.2) is 29.9 Å². The van der Waals surface area contributed by atoms with Gasteiger partial charge in [-0.1, -0.05) is 13.0 Å². The third-order valence-corrected chi connectivity index (χ3v) is 4.44. The fourth-order valence-corrected chi connectivity index (χ4v) is 3.61. The van der Waals surface area contributed by atoms with Crippen molar-refractivity contribution in [2.75, 3.05) is 5.75 Å². The van der Waals surface area contributed by atoms with Gasteiger partial charge in [0.05, 0.1) is 17.8 Å². The maximum Gasteiger partial charge on any atom is 0.131 e. The first-order valence-electron chi connectivity index (χ1n) is 7.43. The molecule has 116 valence electrons. The summed E-state index contributed by atoms with van der Waals surface area (Å²) in [5.41, 5.74) is 6.49. The minimum Gasteiger partial charge on any atom is -0.489 e. The molecule has 2 atom stereocenters. The van der Waals surface area contributed by atoms with Gasteiger partial charge in [0.15, 0.2) is 0 Å². The van der Waals surface area contributed by atoms with Gasteiger partial charge in [-0.15, -0.1) is 11.8 Å². The summed E-state index contributed by atoms with van der Waals surface area (Å²) in [5.74, 6) is 1.72. The maximum absolute atomic E-state index is 7.85. The van der Waals surface area contributed by atoms with Crippen molar-refractivity contribution in [3.63, 3.8) is 0 Å². The van der Waals surface area contributed by atoms with E-state index in [-0.39, 0.29) is 24.1 Å². The number of benzene rings is 1. The Morgan fingerprint density at radius 3 is 2.62 bits per heavy atom. The zero-order chi connectivity index (χ0) is 15.4. The molecule has 0 spiro atoms. The van der Waals surface area contributed by atoms with Gasteiger partial charge in [-0.3, -0.25) is 5.41 Å². The lowest BCUT2D eigenvalue weighted by molar-refractivity contribution is -0.0722. The van der Waals surface area contributed by atoms with Crippen LogP contribution < -0.4 is 10.5 Å². The van der Waals surface area contributed by atoms with Crippen molar-refractivity contribution < 1.29 is 9.47 Å². The van der Waals surface area contributed by atoms with E-state index in [9.17, 15) is 0 Å². The second-order valence-electron chi connectivity index (χ2n) is 5.44. The molecule has 1 saturated heterocycles. The van der Waals surface area contributed by atoms with Crippen LogP contribution in [0.5, 0.6) is 5.75 Å². The van der Waals surface area contributed by atoms with Gasteiger partial charge in [0, 0.05) is 17.7 Å². The smallest absolute Gasteiger partial charge is 0.131 e. The molecule has 0 amide bonds. The van der Waals surface area contributed by atoms with Crippen LogP contribution in [0.1, 0.15) is 39.2 Å². The second kappa shape index (κ2) is 7.18. The van der Waals surface area contributed by atoms with Gasteiger partial charge in [-0.25, -0.2) is 0 Å². The molecular weight excluding hydrogens is 284 g/mol. The van der Waals surface area contributed by atoms with Gasteiger partial charge >= 0.3 is 0 Å². The molecule has 3 N–H and O–H groups in total. The number of nitrogens with two attached hydrogens (primary N) is 1. The number of nitrogens with one attached hydrogen (secondary N) is 1. The Balaban J connectivity index is 2.22. The summed E-state index contributed by atoms with van der Waals surface area (Å²) in [7, 11) is 0. The van der Waals surface area contributed by atoms with Crippen LogP contribution in [0.2, 0.25) is 0 Å². The molecule has 1 aliphatic heterocycles. The first-order valence-corrected chi connectivity index (χ1v) is 8.42. The molecule has 1 aromatic rings. The molecule has 2 unspecified atom stereocenters. The van der Waals surface area contributed by atoms with Crippen molar-refractivity contribution in [1.29, 1.82) is 5.41 Å². The SMILES string of the molecule is CCSc1cccc(OC2CC(C)OC(C)C2)c1C(=N)N. The number of ether oxygens (including phenoxy) is 2. The van der Waals surface area contributed by atoms with Crippen LogP contribution in [0.4, 0.5) is 0 Å². The number of nitrogen functional groups attached to an aromatic ring is 1. The number of hydrogen-bond acceptors (Lipinski definition) is 4. The number of amidine groups is 1. The molecule has 1 aliphatic rings. The summed E-state index contributed by atoms with van der Waals surface area (Å²) in [4.78, 5) is 1.01. The van der Waals surface area contributed by atoms with Crippen LogP contribution in [0.25, 0.3) is 0 Å². The third-order valence-electron chi connectivity index (χ3n) is 3.51. The van der Waals surface area contributed by atoms with Crippen LogP contribution in [0, 0.1) is 5.41 Å². The molecule has 2 rings (SSSR count). The van der Waals surface area contributed by atoms with Gasteiger partial charge in [-0.05, 0) is 31.7 Å². The highest BCUT2D eigenvalue weighted by Crippen LogP contribution is 2.32. The summed E-state index contributed by atoms with van der Waals surface area (Å²) in [6.45, 7) is 6.23. The Labute approximate surface area is 130 Å². The molecule has 1 heterocycles. The Bertz CT molecular complexity index is 497. The van der Waals surface area contributed by atoms with Crippen molar-refractivity contribution in [3.05, 3.63) is 23.8 Å². The summed E-state index contributed by atoms with van der Waals surface area (Å²) < 4.78 is 11.9. The minimum absolute atomic E-state index is 0.0645. The van der Waals surface area contributed by atoms with Gasteiger partial charge in [0.25, 0.3) is 0 Å². The molecule has 0 radical (unpaired) electrons. The lowest BCUT2D eigenvalue weighted by atomic mass is 10.0. The van der Waals surface area contributed by atoms with E-state index in [0.717, 1.165) is 29.1 Å². The normalized spacial score (nSPS) is 25.6. The van der Waals surface area contributed by atoms with Crippen molar-refractivity contribution in [3.8, 4) is 5.75 Å². The number of hydrogen-bond donors (Lipinski definition) is 2. The second-order valence-corrected chi connectivity index (χ2v) is 6.75. The van der Waals surface area contributed by atoms with E-state index in [1.54, 1.807) is 11.8 Å². The van der Waals surface area contributed by atoms with Crippen LogP contribution >= 0.6 is 11.8 Å². The molecule has 1 aromatic carbocycles. The fourth-order valence-electron chi connectivity index (χ4n) is 2.77. The number of thioether (sulfide) groups is 1. The predicted molar refractivity (Wildman–Crippen MR) is 87.5 cm³/mol. The highest BCUT2D eigenvalue weighted by molar-refractivity contribution is 7.99. The van der Waals surface area contributed by atoms with E-state index in [1.165, 1.54) is 0 Å². The molecule has 0 saturated carbocycles. The zero-order valence-electron chi connectivity index (χ0n) is 12.9. The van der Waals surface area contributed by atoms with E-state index >= 15 is 0 Å². The van der Waals surface area contributed by atoms with Gasteiger partial charge in [-0.2, -0.15) is 0 Å². The molecular formula is C16H24N2O2S. The van der Waals surface area contributed by atoms with Crippen LogP contribution in [0.3, 0.4) is 0 Å². The first-order chi connectivity index (χ1) is 10.0. The van der Waals surface area contributed by atoms with Crippen molar-refractivity contribution in [1.82, 2.24) is 0 Å². The maximum atomic E-state index is 7.85. The molecule has 21 heavy (non-hydrogen) atoms. The Morgan fingerprint density at radius 1 is 1.38 bits per heavy atom. The van der Waals surface area contributed by atoms with Crippen molar-refractivity contribution >= 4 is 17.6 Å². The van der Waals surface area contributed by atoms with E-state index in [0.29, 0.717) is 5.75 Å². The standard InChI is InChI=1S/C16H24N2O2S/c1-4-21-14-7-5-6-13(15(14)16(17)18)20-12-8-10(2)19-11(3)9-12/h5-7,10-12H,4,8-9H2,1-3H3,(H3,17,18). The average Bonchev–Trinajstić information content (AvgIpc) is 2.37. The predicted octanol–water partition coefficient (Wildman–Crippen LogP) is 3.42. The lowest BCUT2D eigenvalue weighted by Crippen LogP contribution is -2.36. The largest absolute Gasteiger partial charge is 0.489 e. The summed E-state index contributed by atoms with van der Waals surface area (Å²) in [6.07, 6.45) is 2.25. The quantitative estimate of drug-likeness (QED) is 0.497. The van der Waals surface area contributed by atoms with Gasteiger partial charge < -0.3 is 15.2 Å². The highest BCUT2D eigenvalue weighted by atomic mass is 32.2. The van der Waals surface area contributed by atoms with Gasteiger partial charge in [0.2, 0.25) is 0 Å². The van der Waals surface area contributed by atoms with E-state index < -0.39 is 0 Å². The Hall–Kier alpha value is -1.20. The Kier molecular flexibility index (Phi) is 5.53. The topological polar surface area (TPSA) is 68.3 Å². The third kappa shape index (κ3) is 4.14. The van der Waals surface area contributed by atoms with E-state index in [1.807, 2.05) is 18.2 Å². The average molecular weight is 308 g/mol. The summed E-state index contributed by atoms with van der Waals surface area (Å²) in [5, 5.41) is 7.85. The van der Waals surface area contributed by atoms with Gasteiger partial charge in [0.1, 0.15) is 17.7 Å². The van der Waals surface area contributed by atoms with Crippen LogP contribution in [-0.2, 0) is 4.74 Å². The lowest BCUT2D eigenvalue weighted by Gasteiger charge is -2.32. The summed E-state index contributed by atoms with van der Waals surface area (Å²) >= 11 is 1.68.